The molecule has 5 nitrogen and oxygen atoms in total. The summed E-state index contributed by atoms with van der Waals surface area (Å²) in [6, 6.07) is 6.70. The van der Waals surface area contributed by atoms with E-state index in [-0.39, 0.29) is 11.2 Å². The van der Waals surface area contributed by atoms with Crippen molar-refractivity contribution in [1.82, 2.24) is 13.5 Å². The number of piperidine rings is 1. The Morgan fingerprint density at radius 2 is 1.62 bits per heavy atom. The molecule has 3 aliphatic rings. The Kier molecular flexibility index (Phi) is 5.07. The normalized spacial score (nSPS) is 29.0. The summed E-state index contributed by atoms with van der Waals surface area (Å²) in [6.45, 7) is 5.38. The molecule has 4 rings (SSSR count). The van der Waals surface area contributed by atoms with Gasteiger partial charge >= 0.3 is 0 Å². The van der Waals surface area contributed by atoms with E-state index in [1.54, 1.807) is 8.61 Å². The minimum absolute atomic E-state index is 0.0745. The molecule has 0 amide bonds. The summed E-state index contributed by atoms with van der Waals surface area (Å²) in [7, 11) is -3.29. The summed E-state index contributed by atoms with van der Waals surface area (Å²) in [5.74, 6) is -0.206. The lowest BCUT2D eigenvalue weighted by Crippen LogP contribution is -2.47. The summed E-state index contributed by atoms with van der Waals surface area (Å²) in [6.07, 6.45) is 5.09. The van der Waals surface area contributed by atoms with Gasteiger partial charge in [-0.1, -0.05) is 12.1 Å². The maximum atomic E-state index is 13.1. The van der Waals surface area contributed by atoms with Crippen LogP contribution in [0.2, 0.25) is 0 Å². The van der Waals surface area contributed by atoms with E-state index in [1.807, 2.05) is 12.1 Å². The zero-order valence-electron chi connectivity index (χ0n) is 15.2. The van der Waals surface area contributed by atoms with Crippen molar-refractivity contribution in [3.8, 4) is 0 Å². The van der Waals surface area contributed by atoms with E-state index in [9.17, 15) is 12.8 Å². The number of hydrogen-bond acceptors (Lipinski definition) is 3. The van der Waals surface area contributed by atoms with Gasteiger partial charge in [-0.05, 0) is 61.8 Å². The van der Waals surface area contributed by atoms with Crippen LogP contribution in [0, 0.1) is 11.2 Å². The van der Waals surface area contributed by atoms with E-state index >= 15 is 0 Å². The molecule has 144 valence electrons. The van der Waals surface area contributed by atoms with Crippen molar-refractivity contribution in [3.05, 3.63) is 35.6 Å². The van der Waals surface area contributed by atoms with Gasteiger partial charge in [0.2, 0.25) is 0 Å². The Morgan fingerprint density at radius 3 is 2.35 bits per heavy atom. The van der Waals surface area contributed by atoms with E-state index in [4.69, 9.17) is 0 Å². The largest absolute Gasteiger partial charge is 0.298 e. The van der Waals surface area contributed by atoms with Gasteiger partial charge in [-0.3, -0.25) is 4.90 Å². The van der Waals surface area contributed by atoms with Gasteiger partial charge in [0.1, 0.15) is 5.82 Å². The molecule has 0 saturated carbocycles. The number of halogens is 1. The second-order valence-electron chi connectivity index (χ2n) is 8.14. The molecular formula is C19H28FN3O2S. The summed E-state index contributed by atoms with van der Waals surface area (Å²) in [5, 5.41) is 0. The Labute approximate surface area is 155 Å². The molecule has 0 bridgehead atoms. The van der Waals surface area contributed by atoms with Crippen LogP contribution in [0.5, 0.6) is 0 Å². The van der Waals surface area contributed by atoms with E-state index in [0.717, 1.165) is 57.3 Å². The standard InChI is InChI=1S/C19H28FN3O2S/c20-18-6-4-17(5-7-18)14-21-10-3-8-19(15-21)9-13-23(16-19)26(24,25)22-11-1-2-12-22/h4-7H,1-3,8-16H2/t19-/m0/s1. The first kappa shape index (κ1) is 18.3. The first-order valence-electron chi connectivity index (χ1n) is 9.69. The summed E-state index contributed by atoms with van der Waals surface area (Å²) in [4.78, 5) is 2.41. The maximum absolute atomic E-state index is 13.1. The second kappa shape index (κ2) is 7.19. The topological polar surface area (TPSA) is 43.9 Å². The number of hydrogen-bond donors (Lipinski definition) is 0. The lowest BCUT2D eigenvalue weighted by molar-refractivity contribution is 0.0931. The average Bonchev–Trinajstić information content (AvgIpc) is 3.28. The van der Waals surface area contributed by atoms with Crippen molar-refractivity contribution < 1.29 is 12.8 Å². The van der Waals surface area contributed by atoms with Crippen LogP contribution >= 0.6 is 0 Å². The first-order valence-corrected chi connectivity index (χ1v) is 11.1. The summed E-state index contributed by atoms with van der Waals surface area (Å²) in [5.41, 5.74) is 1.19. The fourth-order valence-corrected chi connectivity index (χ4v) is 6.60. The zero-order valence-corrected chi connectivity index (χ0v) is 16.1. The lowest BCUT2D eigenvalue weighted by Gasteiger charge is -2.40. The third-order valence-corrected chi connectivity index (χ3v) is 8.16. The molecule has 7 heteroatoms. The van der Waals surface area contributed by atoms with Crippen molar-refractivity contribution in [2.24, 2.45) is 5.41 Å². The van der Waals surface area contributed by atoms with E-state index in [1.165, 1.54) is 12.1 Å². The Balaban J connectivity index is 1.41. The molecule has 3 saturated heterocycles. The highest BCUT2D eigenvalue weighted by Crippen LogP contribution is 2.41. The zero-order chi connectivity index (χ0) is 18.2. The summed E-state index contributed by atoms with van der Waals surface area (Å²) < 4.78 is 42.2. The van der Waals surface area contributed by atoms with Crippen LogP contribution in [0.15, 0.2) is 24.3 Å². The lowest BCUT2D eigenvalue weighted by atomic mass is 9.79. The molecule has 0 radical (unpaired) electrons. The SMILES string of the molecule is O=S(=O)(N1CCCC1)N1CC[C@]2(CCCN(Cc3ccc(F)cc3)C2)C1. The smallest absolute Gasteiger partial charge is 0.281 e. The van der Waals surface area contributed by atoms with Crippen LogP contribution in [0.25, 0.3) is 0 Å². The molecule has 1 atom stereocenters. The van der Waals surface area contributed by atoms with Crippen LogP contribution in [0.3, 0.4) is 0 Å². The van der Waals surface area contributed by atoms with E-state index in [0.29, 0.717) is 26.2 Å². The van der Waals surface area contributed by atoms with Gasteiger partial charge in [0.15, 0.2) is 0 Å². The predicted octanol–water partition coefficient (Wildman–Crippen LogP) is 2.45. The molecule has 1 aromatic carbocycles. The van der Waals surface area contributed by atoms with Gasteiger partial charge in [-0.15, -0.1) is 0 Å². The van der Waals surface area contributed by atoms with E-state index < -0.39 is 10.2 Å². The van der Waals surface area contributed by atoms with Gasteiger partial charge < -0.3 is 0 Å². The van der Waals surface area contributed by atoms with Crippen molar-refractivity contribution >= 4 is 10.2 Å². The van der Waals surface area contributed by atoms with Crippen LogP contribution in [-0.2, 0) is 16.8 Å². The van der Waals surface area contributed by atoms with Crippen LogP contribution < -0.4 is 0 Å². The third kappa shape index (κ3) is 3.67. The fraction of sp³-hybridized carbons (Fsp3) is 0.684. The highest BCUT2D eigenvalue weighted by Gasteiger charge is 2.46. The quantitative estimate of drug-likeness (QED) is 0.805. The molecule has 1 aromatic rings. The monoisotopic (exact) mass is 381 g/mol. The van der Waals surface area contributed by atoms with Crippen LogP contribution in [0.4, 0.5) is 4.39 Å². The predicted molar refractivity (Wildman–Crippen MR) is 99.3 cm³/mol. The molecule has 0 unspecified atom stereocenters. The van der Waals surface area contributed by atoms with Gasteiger partial charge in [0.05, 0.1) is 0 Å². The highest BCUT2D eigenvalue weighted by atomic mass is 32.2. The minimum atomic E-state index is -3.29. The van der Waals surface area contributed by atoms with Crippen molar-refractivity contribution in [2.45, 2.75) is 38.6 Å². The molecule has 0 aromatic heterocycles. The maximum Gasteiger partial charge on any atom is 0.281 e. The van der Waals surface area contributed by atoms with Crippen molar-refractivity contribution in [2.75, 3.05) is 39.3 Å². The molecule has 1 spiro atoms. The number of rotatable bonds is 4. The third-order valence-electron chi connectivity index (χ3n) is 6.18. The molecular weight excluding hydrogens is 353 g/mol. The number of likely N-dealkylation sites (tertiary alicyclic amines) is 1. The number of nitrogens with zero attached hydrogens (tertiary/aromatic N) is 3. The number of benzene rings is 1. The van der Waals surface area contributed by atoms with Gasteiger partial charge in [-0.25, -0.2) is 4.39 Å². The van der Waals surface area contributed by atoms with Gasteiger partial charge in [0.25, 0.3) is 10.2 Å². The molecule has 3 fully saturated rings. The first-order chi connectivity index (χ1) is 12.5. The van der Waals surface area contributed by atoms with Gasteiger partial charge in [0, 0.05) is 39.3 Å². The average molecular weight is 382 g/mol. The van der Waals surface area contributed by atoms with E-state index in [2.05, 4.69) is 4.90 Å². The molecule has 3 aliphatic heterocycles. The Morgan fingerprint density at radius 1 is 0.885 bits per heavy atom. The van der Waals surface area contributed by atoms with Crippen molar-refractivity contribution in [3.63, 3.8) is 0 Å². The molecule has 26 heavy (non-hydrogen) atoms. The van der Waals surface area contributed by atoms with Crippen LogP contribution in [-0.4, -0.2) is 61.2 Å². The Bertz CT molecular complexity index is 734. The molecule has 3 heterocycles. The Hall–Kier alpha value is -1.02. The fourth-order valence-electron chi connectivity index (χ4n) is 4.80. The van der Waals surface area contributed by atoms with Crippen LogP contribution in [0.1, 0.15) is 37.7 Å². The summed E-state index contributed by atoms with van der Waals surface area (Å²) >= 11 is 0. The second-order valence-corrected chi connectivity index (χ2v) is 10.1. The molecule has 0 N–H and O–H groups in total. The van der Waals surface area contributed by atoms with Gasteiger partial charge in [-0.2, -0.15) is 17.0 Å². The van der Waals surface area contributed by atoms with Crippen molar-refractivity contribution in [1.29, 1.82) is 0 Å². The molecule has 0 aliphatic carbocycles. The minimum Gasteiger partial charge on any atom is -0.298 e. The highest BCUT2D eigenvalue weighted by molar-refractivity contribution is 7.86.